The minimum atomic E-state index is -0.00575. The van der Waals surface area contributed by atoms with Gasteiger partial charge in [0.2, 0.25) is 0 Å². The summed E-state index contributed by atoms with van der Waals surface area (Å²) in [4.78, 5) is 12.4. The second-order valence-corrected chi connectivity index (χ2v) is 9.23. The number of rotatable bonds is 5. The molecule has 1 N–H and O–H groups in total. The first-order chi connectivity index (χ1) is 11.7. The summed E-state index contributed by atoms with van der Waals surface area (Å²) >= 11 is 0. The van der Waals surface area contributed by atoms with Crippen LogP contribution < -0.4 is 10.1 Å². The molecule has 1 aromatic rings. The van der Waals surface area contributed by atoms with E-state index in [1.807, 2.05) is 12.1 Å². The maximum atomic E-state index is 12.4. The molecule has 0 unspecified atom stereocenters. The number of aryl methyl sites for hydroxylation is 1. The highest BCUT2D eigenvalue weighted by atomic mass is 16.5. The van der Waals surface area contributed by atoms with E-state index in [-0.39, 0.29) is 24.0 Å². The van der Waals surface area contributed by atoms with Crippen LogP contribution in [0, 0.1) is 24.7 Å². The molecular weight excluding hydrogens is 310 g/mol. The quantitative estimate of drug-likeness (QED) is 0.847. The molecule has 2 aliphatic carbocycles. The molecule has 3 heteroatoms. The van der Waals surface area contributed by atoms with Crippen LogP contribution in [0.1, 0.15) is 64.5 Å². The second kappa shape index (κ2) is 7.01. The largest absolute Gasteiger partial charge is 0.483 e. The van der Waals surface area contributed by atoms with Gasteiger partial charge in [-0.3, -0.25) is 4.79 Å². The molecule has 0 aromatic heterocycles. The van der Waals surface area contributed by atoms with Crippen molar-refractivity contribution in [1.29, 1.82) is 0 Å². The Bertz CT molecular complexity index is 631. The zero-order valence-electron chi connectivity index (χ0n) is 16.4. The lowest BCUT2D eigenvalue weighted by molar-refractivity contribution is -0.124. The summed E-state index contributed by atoms with van der Waals surface area (Å²) in [6.07, 6.45) is 5.41. The summed E-state index contributed by atoms with van der Waals surface area (Å²) in [5.74, 6) is 3.21. The van der Waals surface area contributed by atoms with E-state index in [1.54, 1.807) is 0 Å². The molecule has 0 radical (unpaired) electrons. The standard InChI is InChI=1S/C22H33NO2/c1-14-6-9-20(19(10-14)22(3,4)5)25-13-21(24)23-15(2)18-12-16-7-8-17(18)11-16/h6,9-10,15-18H,7-8,11-13H2,1-5H3,(H,23,24)/t15-,16+,17+,18-/m1/s1. The third-order valence-corrected chi connectivity index (χ3v) is 6.13. The van der Waals surface area contributed by atoms with Gasteiger partial charge in [0.25, 0.3) is 5.91 Å². The Kier molecular flexibility index (Phi) is 5.13. The van der Waals surface area contributed by atoms with E-state index >= 15 is 0 Å². The highest BCUT2D eigenvalue weighted by Crippen LogP contribution is 2.49. The number of hydrogen-bond donors (Lipinski definition) is 1. The highest BCUT2D eigenvalue weighted by Gasteiger charge is 2.42. The summed E-state index contributed by atoms with van der Waals surface area (Å²) in [7, 11) is 0. The van der Waals surface area contributed by atoms with Crippen LogP contribution in [-0.4, -0.2) is 18.6 Å². The van der Waals surface area contributed by atoms with Gasteiger partial charge in [-0.15, -0.1) is 0 Å². The maximum absolute atomic E-state index is 12.4. The fraction of sp³-hybridized carbons (Fsp3) is 0.682. The summed E-state index contributed by atoms with van der Waals surface area (Å²) in [6.45, 7) is 10.9. The zero-order chi connectivity index (χ0) is 18.2. The molecule has 2 saturated carbocycles. The molecule has 1 amide bonds. The number of hydrogen-bond acceptors (Lipinski definition) is 2. The van der Waals surface area contributed by atoms with Gasteiger partial charge in [-0.2, -0.15) is 0 Å². The van der Waals surface area contributed by atoms with Crippen LogP contribution >= 0.6 is 0 Å². The number of benzene rings is 1. The molecule has 4 atom stereocenters. The van der Waals surface area contributed by atoms with Gasteiger partial charge in [-0.05, 0) is 67.9 Å². The van der Waals surface area contributed by atoms with Crippen molar-refractivity contribution in [2.75, 3.05) is 6.61 Å². The number of carbonyl (C=O) groups is 1. The first-order valence-corrected chi connectivity index (χ1v) is 9.77. The van der Waals surface area contributed by atoms with E-state index in [2.05, 4.69) is 46.0 Å². The normalized spacial score (nSPS) is 26.5. The van der Waals surface area contributed by atoms with Crippen LogP contribution in [0.2, 0.25) is 0 Å². The smallest absolute Gasteiger partial charge is 0.258 e. The minimum absolute atomic E-state index is 0.00397. The van der Waals surface area contributed by atoms with Crippen molar-refractivity contribution in [2.24, 2.45) is 17.8 Å². The first kappa shape index (κ1) is 18.3. The van der Waals surface area contributed by atoms with Gasteiger partial charge in [0.15, 0.2) is 6.61 Å². The van der Waals surface area contributed by atoms with Gasteiger partial charge in [-0.1, -0.05) is 44.9 Å². The van der Waals surface area contributed by atoms with Gasteiger partial charge < -0.3 is 10.1 Å². The minimum Gasteiger partial charge on any atom is -0.483 e. The van der Waals surface area contributed by atoms with Crippen LogP contribution in [-0.2, 0) is 10.2 Å². The molecular formula is C22H33NO2. The van der Waals surface area contributed by atoms with E-state index in [0.717, 1.165) is 23.1 Å². The molecule has 0 heterocycles. The SMILES string of the molecule is Cc1ccc(OCC(=O)N[C@H](C)[C@H]2C[C@H]3CC[C@H]2C3)c(C(C)(C)C)c1. The Morgan fingerprint density at radius 3 is 2.64 bits per heavy atom. The zero-order valence-corrected chi connectivity index (χ0v) is 16.4. The number of fused-ring (bicyclic) bond motifs is 2. The van der Waals surface area contributed by atoms with Gasteiger partial charge in [0, 0.05) is 6.04 Å². The fourth-order valence-electron chi connectivity index (χ4n) is 4.81. The van der Waals surface area contributed by atoms with E-state index in [0.29, 0.717) is 5.92 Å². The van der Waals surface area contributed by atoms with Gasteiger partial charge >= 0.3 is 0 Å². The summed E-state index contributed by atoms with van der Waals surface area (Å²) < 4.78 is 5.89. The maximum Gasteiger partial charge on any atom is 0.258 e. The molecule has 2 bridgehead atoms. The van der Waals surface area contributed by atoms with Crippen molar-refractivity contribution in [3.8, 4) is 5.75 Å². The number of nitrogens with one attached hydrogen (secondary N) is 1. The molecule has 0 saturated heterocycles. The summed E-state index contributed by atoms with van der Waals surface area (Å²) in [6, 6.07) is 6.44. The van der Waals surface area contributed by atoms with Gasteiger partial charge in [0.05, 0.1) is 0 Å². The fourth-order valence-corrected chi connectivity index (χ4v) is 4.81. The van der Waals surface area contributed by atoms with Crippen molar-refractivity contribution in [1.82, 2.24) is 5.32 Å². The van der Waals surface area contributed by atoms with Crippen molar-refractivity contribution in [3.05, 3.63) is 29.3 Å². The van der Waals surface area contributed by atoms with E-state index in [9.17, 15) is 4.79 Å². The van der Waals surface area contributed by atoms with Crippen LogP contribution in [0.25, 0.3) is 0 Å². The Morgan fingerprint density at radius 2 is 2.04 bits per heavy atom. The molecule has 1 aromatic carbocycles. The molecule has 3 rings (SSSR count). The average Bonchev–Trinajstić information content (AvgIpc) is 3.15. The molecule has 0 aliphatic heterocycles. The average molecular weight is 344 g/mol. The lowest BCUT2D eigenvalue weighted by atomic mass is 9.84. The lowest BCUT2D eigenvalue weighted by Gasteiger charge is -2.28. The van der Waals surface area contributed by atoms with Crippen molar-refractivity contribution < 1.29 is 9.53 Å². The molecule has 2 fully saturated rings. The molecule has 3 nitrogen and oxygen atoms in total. The van der Waals surface area contributed by atoms with Gasteiger partial charge in [-0.25, -0.2) is 0 Å². The van der Waals surface area contributed by atoms with E-state index < -0.39 is 0 Å². The van der Waals surface area contributed by atoms with Crippen LogP contribution in [0.3, 0.4) is 0 Å². The first-order valence-electron chi connectivity index (χ1n) is 9.77. The number of carbonyl (C=O) groups excluding carboxylic acids is 1. The topological polar surface area (TPSA) is 38.3 Å². The Labute approximate surface area is 152 Å². The second-order valence-electron chi connectivity index (χ2n) is 9.23. The predicted octanol–water partition coefficient (Wildman–Crippen LogP) is 4.61. The van der Waals surface area contributed by atoms with E-state index in [4.69, 9.17) is 4.74 Å². The number of amides is 1. The van der Waals surface area contributed by atoms with Crippen molar-refractivity contribution in [2.45, 2.75) is 71.8 Å². The van der Waals surface area contributed by atoms with Crippen LogP contribution in [0.15, 0.2) is 18.2 Å². The third kappa shape index (κ3) is 4.19. The van der Waals surface area contributed by atoms with Crippen molar-refractivity contribution in [3.63, 3.8) is 0 Å². The summed E-state index contributed by atoms with van der Waals surface area (Å²) in [5.41, 5.74) is 2.36. The monoisotopic (exact) mass is 343 g/mol. The predicted molar refractivity (Wildman–Crippen MR) is 102 cm³/mol. The Hall–Kier alpha value is -1.51. The highest BCUT2D eigenvalue weighted by molar-refractivity contribution is 5.77. The Morgan fingerprint density at radius 1 is 1.28 bits per heavy atom. The third-order valence-electron chi connectivity index (χ3n) is 6.13. The van der Waals surface area contributed by atoms with Crippen molar-refractivity contribution >= 4 is 5.91 Å². The molecule has 25 heavy (non-hydrogen) atoms. The molecule has 138 valence electrons. The van der Waals surface area contributed by atoms with E-state index in [1.165, 1.54) is 31.2 Å². The molecule has 2 aliphatic rings. The lowest BCUT2D eigenvalue weighted by Crippen LogP contribution is -2.42. The molecule has 0 spiro atoms. The van der Waals surface area contributed by atoms with Gasteiger partial charge in [0.1, 0.15) is 5.75 Å². The Balaban J connectivity index is 1.56. The van der Waals surface area contributed by atoms with Crippen LogP contribution in [0.5, 0.6) is 5.75 Å². The number of ether oxygens (including phenoxy) is 1. The van der Waals surface area contributed by atoms with Crippen LogP contribution in [0.4, 0.5) is 0 Å². The summed E-state index contributed by atoms with van der Waals surface area (Å²) in [5, 5.41) is 3.18.